The molecule has 1 atom stereocenters. The molecule has 2 saturated carbocycles. The van der Waals surface area contributed by atoms with Crippen molar-refractivity contribution in [1.29, 1.82) is 0 Å². The largest absolute Gasteiger partial charge is 0.342 e. The number of hydrogen-bond acceptors (Lipinski definition) is 2. The molecule has 4 heteroatoms. The summed E-state index contributed by atoms with van der Waals surface area (Å²) in [4.78, 5) is 15.1. The predicted molar refractivity (Wildman–Crippen MR) is 103 cm³/mol. The van der Waals surface area contributed by atoms with Gasteiger partial charge in [-0.3, -0.25) is 4.79 Å². The van der Waals surface area contributed by atoms with Crippen LogP contribution in [-0.4, -0.2) is 36.5 Å². The normalized spacial score (nSPS) is 24.5. The summed E-state index contributed by atoms with van der Waals surface area (Å²) in [6, 6.07) is 0.651. The number of likely N-dealkylation sites (tertiary alicyclic amines) is 1. The van der Waals surface area contributed by atoms with E-state index in [2.05, 4.69) is 17.1 Å². The fourth-order valence-corrected chi connectivity index (χ4v) is 4.48. The van der Waals surface area contributed by atoms with Gasteiger partial charge in [0.15, 0.2) is 0 Å². The lowest BCUT2D eigenvalue weighted by Crippen LogP contribution is -2.47. The van der Waals surface area contributed by atoms with Crippen LogP contribution in [0, 0.1) is 17.8 Å². The summed E-state index contributed by atoms with van der Waals surface area (Å²) in [6.07, 6.45) is 14.2. The smallest absolute Gasteiger partial charge is 0.225 e. The molecule has 1 amide bonds. The van der Waals surface area contributed by atoms with Crippen molar-refractivity contribution in [3.8, 4) is 0 Å². The maximum absolute atomic E-state index is 12.9. The summed E-state index contributed by atoms with van der Waals surface area (Å²) in [5.41, 5.74) is 0. The van der Waals surface area contributed by atoms with Crippen LogP contribution in [0.1, 0.15) is 77.6 Å². The molecule has 24 heavy (non-hydrogen) atoms. The second-order valence-corrected chi connectivity index (χ2v) is 8.30. The monoisotopic (exact) mass is 356 g/mol. The highest BCUT2D eigenvalue weighted by molar-refractivity contribution is 5.85. The van der Waals surface area contributed by atoms with E-state index in [0.717, 1.165) is 50.6 Å². The van der Waals surface area contributed by atoms with Crippen LogP contribution in [0.2, 0.25) is 0 Å². The van der Waals surface area contributed by atoms with Crippen LogP contribution in [0.15, 0.2) is 0 Å². The first-order valence-electron chi connectivity index (χ1n) is 10.3. The summed E-state index contributed by atoms with van der Waals surface area (Å²) >= 11 is 0. The topological polar surface area (TPSA) is 32.3 Å². The molecule has 1 saturated heterocycles. The number of carbonyl (C=O) groups is 1. The van der Waals surface area contributed by atoms with Gasteiger partial charge in [0.2, 0.25) is 5.91 Å². The molecule has 1 heterocycles. The van der Waals surface area contributed by atoms with E-state index in [1.54, 1.807) is 0 Å². The summed E-state index contributed by atoms with van der Waals surface area (Å²) in [6.45, 7) is 5.36. The average molecular weight is 357 g/mol. The van der Waals surface area contributed by atoms with Crippen molar-refractivity contribution >= 4 is 18.3 Å². The molecule has 1 unspecified atom stereocenters. The van der Waals surface area contributed by atoms with Crippen molar-refractivity contribution in [1.82, 2.24) is 10.2 Å². The molecular weight excluding hydrogens is 320 g/mol. The van der Waals surface area contributed by atoms with Crippen LogP contribution in [0.4, 0.5) is 0 Å². The number of carbonyl (C=O) groups excluding carboxylic acids is 1. The van der Waals surface area contributed by atoms with Crippen molar-refractivity contribution in [3.05, 3.63) is 0 Å². The van der Waals surface area contributed by atoms with Crippen molar-refractivity contribution in [3.63, 3.8) is 0 Å². The van der Waals surface area contributed by atoms with Gasteiger partial charge in [-0.25, -0.2) is 0 Å². The Hall–Kier alpha value is -0.280. The molecule has 0 aromatic heterocycles. The first-order valence-corrected chi connectivity index (χ1v) is 10.3. The molecular formula is C20H37ClN2O. The van der Waals surface area contributed by atoms with E-state index in [-0.39, 0.29) is 18.3 Å². The zero-order chi connectivity index (χ0) is 16.1. The van der Waals surface area contributed by atoms with E-state index in [1.165, 1.54) is 51.5 Å². The lowest BCUT2D eigenvalue weighted by Gasteiger charge is -2.35. The molecule has 140 valence electrons. The first-order chi connectivity index (χ1) is 11.3. The van der Waals surface area contributed by atoms with E-state index in [4.69, 9.17) is 0 Å². The van der Waals surface area contributed by atoms with Gasteiger partial charge in [-0.2, -0.15) is 0 Å². The van der Waals surface area contributed by atoms with Gasteiger partial charge in [0.25, 0.3) is 0 Å². The number of halogens is 1. The number of piperidine rings is 1. The van der Waals surface area contributed by atoms with Crippen molar-refractivity contribution in [2.75, 3.05) is 19.6 Å². The molecule has 0 radical (unpaired) electrons. The Morgan fingerprint density at radius 1 is 1.00 bits per heavy atom. The molecule has 3 fully saturated rings. The van der Waals surface area contributed by atoms with Gasteiger partial charge in [-0.05, 0) is 56.9 Å². The Morgan fingerprint density at radius 3 is 2.25 bits per heavy atom. The third-order valence-electron chi connectivity index (χ3n) is 6.38. The minimum Gasteiger partial charge on any atom is -0.342 e. The molecule has 0 spiro atoms. The highest BCUT2D eigenvalue weighted by Crippen LogP contribution is 2.31. The van der Waals surface area contributed by atoms with E-state index >= 15 is 0 Å². The van der Waals surface area contributed by atoms with E-state index < -0.39 is 0 Å². The molecule has 2 aliphatic carbocycles. The van der Waals surface area contributed by atoms with E-state index in [0.29, 0.717) is 11.9 Å². The van der Waals surface area contributed by atoms with Gasteiger partial charge >= 0.3 is 0 Å². The number of nitrogens with zero attached hydrogens (tertiary/aromatic N) is 1. The highest BCUT2D eigenvalue weighted by Gasteiger charge is 2.30. The summed E-state index contributed by atoms with van der Waals surface area (Å²) in [5, 5.41) is 3.71. The first kappa shape index (κ1) is 20.0. The Kier molecular flexibility index (Phi) is 8.36. The number of nitrogens with one attached hydrogen (secondary N) is 1. The average Bonchev–Trinajstić information content (AvgIpc) is 3.43. The fraction of sp³-hybridized carbons (Fsp3) is 0.950. The summed E-state index contributed by atoms with van der Waals surface area (Å²) < 4.78 is 0. The van der Waals surface area contributed by atoms with Gasteiger partial charge < -0.3 is 10.2 Å². The third-order valence-corrected chi connectivity index (χ3v) is 6.38. The number of hydrogen-bond donors (Lipinski definition) is 1. The summed E-state index contributed by atoms with van der Waals surface area (Å²) in [5.74, 6) is 2.51. The van der Waals surface area contributed by atoms with E-state index in [1.807, 2.05) is 0 Å². The molecule has 3 rings (SSSR count). The van der Waals surface area contributed by atoms with Gasteiger partial charge in [0.05, 0.1) is 0 Å². The van der Waals surface area contributed by atoms with Crippen molar-refractivity contribution < 1.29 is 4.79 Å². The number of rotatable bonds is 7. The standard InChI is InChI=1S/C20H36N2O.ClH/c1-2-18(14-16-6-4-3-5-7-16)20(23)22-12-10-19(11-13-22)21-15-17-8-9-17;/h16-19,21H,2-15H2,1H3;1H. The van der Waals surface area contributed by atoms with Crippen molar-refractivity contribution in [2.45, 2.75) is 83.6 Å². The van der Waals surface area contributed by atoms with Crippen LogP contribution in [0.5, 0.6) is 0 Å². The molecule has 1 aliphatic heterocycles. The Balaban J connectivity index is 0.00000208. The summed E-state index contributed by atoms with van der Waals surface area (Å²) in [7, 11) is 0. The van der Waals surface area contributed by atoms with Gasteiger partial charge in [0, 0.05) is 25.0 Å². The van der Waals surface area contributed by atoms with Crippen LogP contribution in [0.25, 0.3) is 0 Å². The van der Waals surface area contributed by atoms with Gasteiger partial charge in [-0.1, -0.05) is 39.0 Å². The van der Waals surface area contributed by atoms with Crippen LogP contribution in [0.3, 0.4) is 0 Å². The second-order valence-electron chi connectivity index (χ2n) is 8.30. The second kappa shape index (κ2) is 10.0. The maximum atomic E-state index is 12.9. The minimum absolute atomic E-state index is 0. The molecule has 0 bridgehead atoms. The molecule has 3 aliphatic rings. The van der Waals surface area contributed by atoms with Gasteiger partial charge in [0.1, 0.15) is 0 Å². The van der Waals surface area contributed by atoms with E-state index in [9.17, 15) is 4.79 Å². The minimum atomic E-state index is 0. The highest BCUT2D eigenvalue weighted by atomic mass is 35.5. The zero-order valence-corrected chi connectivity index (χ0v) is 16.3. The predicted octanol–water partition coefficient (Wildman–Crippen LogP) is 4.40. The van der Waals surface area contributed by atoms with Crippen molar-refractivity contribution in [2.24, 2.45) is 17.8 Å². The maximum Gasteiger partial charge on any atom is 0.225 e. The number of amides is 1. The molecule has 1 N–H and O–H groups in total. The zero-order valence-electron chi connectivity index (χ0n) is 15.5. The quantitative estimate of drug-likeness (QED) is 0.733. The van der Waals surface area contributed by atoms with Gasteiger partial charge in [-0.15, -0.1) is 12.4 Å². The lowest BCUT2D eigenvalue weighted by molar-refractivity contribution is -0.137. The third kappa shape index (κ3) is 5.91. The van der Waals surface area contributed by atoms with Crippen LogP contribution < -0.4 is 5.32 Å². The molecule has 3 nitrogen and oxygen atoms in total. The molecule has 0 aromatic carbocycles. The SMILES string of the molecule is CCC(CC1CCCCC1)C(=O)N1CCC(NCC2CC2)CC1.Cl. The fourth-order valence-electron chi connectivity index (χ4n) is 4.48. The Bertz CT molecular complexity index is 372. The van der Waals surface area contributed by atoms with Crippen LogP contribution in [-0.2, 0) is 4.79 Å². The van der Waals surface area contributed by atoms with Crippen LogP contribution >= 0.6 is 12.4 Å². The molecule has 0 aromatic rings. The Labute approximate surface area is 154 Å². The Morgan fingerprint density at radius 2 is 1.67 bits per heavy atom. The lowest BCUT2D eigenvalue weighted by atomic mass is 9.81.